The van der Waals surface area contributed by atoms with Crippen LogP contribution in [0.3, 0.4) is 0 Å². The molecule has 0 fully saturated rings. The number of para-hydroxylation sites is 1. The van der Waals surface area contributed by atoms with Crippen LogP contribution in [0.4, 0.5) is 5.82 Å². The fourth-order valence-electron chi connectivity index (χ4n) is 1.54. The summed E-state index contributed by atoms with van der Waals surface area (Å²) in [5.41, 5.74) is 3.42. The lowest BCUT2D eigenvalue weighted by atomic mass is 10.3. The fourth-order valence-corrected chi connectivity index (χ4v) is 2.00. The molecule has 0 aliphatic heterocycles. The van der Waals surface area contributed by atoms with Crippen molar-refractivity contribution in [2.45, 2.75) is 6.61 Å². The Labute approximate surface area is 119 Å². The van der Waals surface area contributed by atoms with Crippen molar-refractivity contribution >= 4 is 21.7 Å². The van der Waals surface area contributed by atoms with Crippen LogP contribution in [0.2, 0.25) is 0 Å². The zero-order chi connectivity index (χ0) is 13.7. The Morgan fingerprint density at radius 3 is 2.79 bits per heavy atom. The lowest BCUT2D eigenvalue weighted by molar-refractivity contribution is 0.282. The van der Waals surface area contributed by atoms with Gasteiger partial charge in [0, 0.05) is 11.8 Å². The molecule has 0 unspecified atom stereocenters. The standard InChI is InChI=1S/C13H14BrN3O2/c1-18-11-4-2-3-10(14)13(11)19-8-9-5-6-12(17-15)16-7-9/h2-7H,8,15H2,1H3,(H,16,17). The molecule has 0 bridgehead atoms. The summed E-state index contributed by atoms with van der Waals surface area (Å²) in [5, 5.41) is 0. The van der Waals surface area contributed by atoms with E-state index in [2.05, 4.69) is 26.3 Å². The lowest BCUT2D eigenvalue weighted by Gasteiger charge is -2.12. The van der Waals surface area contributed by atoms with Crippen molar-refractivity contribution in [3.63, 3.8) is 0 Å². The van der Waals surface area contributed by atoms with Crippen molar-refractivity contribution in [3.05, 3.63) is 46.6 Å². The molecule has 0 atom stereocenters. The van der Waals surface area contributed by atoms with Crippen LogP contribution in [0.25, 0.3) is 0 Å². The zero-order valence-electron chi connectivity index (χ0n) is 10.4. The number of anilines is 1. The van der Waals surface area contributed by atoms with E-state index >= 15 is 0 Å². The third-order valence-corrected chi connectivity index (χ3v) is 3.13. The normalized spacial score (nSPS) is 10.1. The van der Waals surface area contributed by atoms with E-state index in [1.165, 1.54) is 0 Å². The van der Waals surface area contributed by atoms with Crippen molar-refractivity contribution in [2.24, 2.45) is 5.84 Å². The number of nitrogens with zero attached hydrogens (tertiary/aromatic N) is 1. The molecule has 0 aliphatic rings. The Hall–Kier alpha value is -1.79. The van der Waals surface area contributed by atoms with Gasteiger partial charge in [-0.15, -0.1) is 0 Å². The molecule has 0 radical (unpaired) electrons. The molecule has 0 amide bonds. The predicted octanol–water partition coefficient (Wildman–Crippen LogP) is 2.72. The van der Waals surface area contributed by atoms with Gasteiger partial charge in [0.15, 0.2) is 11.5 Å². The van der Waals surface area contributed by atoms with Gasteiger partial charge in [-0.2, -0.15) is 0 Å². The maximum absolute atomic E-state index is 5.75. The Morgan fingerprint density at radius 2 is 2.16 bits per heavy atom. The monoisotopic (exact) mass is 323 g/mol. The second-order valence-corrected chi connectivity index (χ2v) is 4.61. The van der Waals surface area contributed by atoms with E-state index in [1.54, 1.807) is 19.4 Å². The number of aromatic nitrogens is 1. The fraction of sp³-hybridized carbons (Fsp3) is 0.154. The van der Waals surface area contributed by atoms with E-state index in [9.17, 15) is 0 Å². The molecular formula is C13H14BrN3O2. The number of rotatable bonds is 5. The Kier molecular flexibility index (Phi) is 4.59. The zero-order valence-corrected chi connectivity index (χ0v) is 12.0. The van der Waals surface area contributed by atoms with Crippen LogP contribution in [-0.4, -0.2) is 12.1 Å². The van der Waals surface area contributed by atoms with Crippen LogP contribution in [0.5, 0.6) is 11.5 Å². The number of nitrogen functional groups attached to an aromatic ring is 1. The minimum absolute atomic E-state index is 0.400. The van der Waals surface area contributed by atoms with Crippen molar-refractivity contribution in [3.8, 4) is 11.5 Å². The van der Waals surface area contributed by atoms with Crippen LogP contribution in [0, 0.1) is 0 Å². The molecule has 2 rings (SSSR count). The summed E-state index contributed by atoms with van der Waals surface area (Å²) in [6.07, 6.45) is 1.71. The van der Waals surface area contributed by atoms with Gasteiger partial charge in [-0.25, -0.2) is 10.8 Å². The highest BCUT2D eigenvalue weighted by atomic mass is 79.9. The van der Waals surface area contributed by atoms with Gasteiger partial charge in [-0.05, 0) is 34.1 Å². The first-order valence-electron chi connectivity index (χ1n) is 5.61. The van der Waals surface area contributed by atoms with E-state index < -0.39 is 0 Å². The molecule has 19 heavy (non-hydrogen) atoms. The van der Waals surface area contributed by atoms with Crippen molar-refractivity contribution in [1.29, 1.82) is 0 Å². The van der Waals surface area contributed by atoms with Crippen LogP contribution in [0.1, 0.15) is 5.56 Å². The average molecular weight is 324 g/mol. The minimum Gasteiger partial charge on any atom is -0.493 e. The first-order chi connectivity index (χ1) is 9.24. The topological polar surface area (TPSA) is 69.4 Å². The summed E-state index contributed by atoms with van der Waals surface area (Å²) < 4.78 is 11.9. The number of hydrogen-bond acceptors (Lipinski definition) is 5. The maximum Gasteiger partial charge on any atom is 0.175 e. The number of hydrazine groups is 1. The van der Waals surface area contributed by atoms with Gasteiger partial charge < -0.3 is 14.9 Å². The second-order valence-electron chi connectivity index (χ2n) is 3.76. The molecule has 100 valence electrons. The molecule has 3 N–H and O–H groups in total. The minimum atomic E-state index is 0.400. The van der Waals surface area contributed by atoms with E-state index in [0.29, 0.717) is 23.9 Å². The number of pyridine rings is 1. The van der Waals surface area contributed by atoms with E-state index in [-0.39, 0.29) is 0 Å². The second kappa shape index (κ2) is 6.40. The number of halogens is 1. The third kappa shape index (κ3) is 3.36. The predicted molar refractivity (Wildman–Crippen MR) is 77.1 cm³/mol. The average Bonchev–Trinajstić information content (AvgIpc) is 2.46. The van der Waals surface area contributed by atoms with Gasteiger partial charge in [0.2, 0.25) is 0 Å². The van der Waals surface area contributed by atoms with Gasteiger partial charge in [0.25, 0.3) is 0 Å². The van der Waals surface area contributed by atoms with Crippen molar-refractivity contribution in [2.75, 3.05) is 12.5 Å². The van der Waals surface area contributed by atoms with Crippen LogP contribution >= 0.6 is 15.9 Å². The molecule has 5 nitrogen and oxygen atoms in total. The van der Waals surface area contributed by atoms with Crippen molar-refractivity contribution < 1.29 is 9.47 Å². The first-order valence-corrected chi connectivity index (χ1v) is 6.40. The highest BCUT2D eigenvalue weighted by molar-refractivity contribution is 9.10. The van der Waals surface area contributed by atoms with Gasteiger partial charge in [0.05, 0.1) is 11.6 Å². The van der Waals surface area contributed by atoms with Gasteiger partial charge in [-0.1, -0.05) is 12.1 Å². The molecule has 0 saturated heterocycles. The number of nitrogens with one attached hydrogen (secondary N) is 1. The maximum atomic E-state index is 5.75. The number of hydrogen-bond donors (Lipinski definition) is 2. The molecule has 6 heteroatoms. The lowest BCUT2D eigenvalue weighted by Crippen LogP contribution is -2.08. The van der Waals surface area contributed by atoms with Crippen LogP contribution in [0.15, 0.2) is 41.0 Å². The quantitative estimate of drug-likeness (QED) is 0.654. The summed E-state index contributed by atoms with van der Waals surface area (Å²) in [7, 11) is 1.61. The number of methoxy groups -OCH3 is 1. The summed E-state index contributed by atoms with van der Waals surface area (Å²) in [4.78, 5) is 4.12. The Bertz CT molecular complexity index is 546. The Morgan fingerprint density at radius 1 is 1.32 bits per heavy atom. The van der Waals surface area contributed by atoms with E-state index in [1.807, 2.05) is 24.3 Å². The van der Waals surface area contributed by atoms with Crippen LogP contribution < -0.4 is 20.7 Å². The summed E-state index contributed by atoms with van der Waals surface area (Å²) in [6, 6.07) is 9.32. The third-order valence-electron chi connectivity index (χ3n) is 2.51. The smallest absolute Gasteiger partial charge is 0.175 e. The highest BCUT2D eigenvalue weighted by Crippen LogP contribution is 2.35. The van der Waals surface area contributed by atoms with E-state index in [0.717, 1.165) is 10.0 Å². The molecular weight excluding hydrogens is 310 g/mol. The highest BCUT2D eigenvalue weighted by Gasteiger charge is 2.08. The molecule has 1 heterocycles. The number of benzene rings is 1. The molecule has 2 aromatic rings. The Balaban J connectivity index is 2.09. The molecule has 1 aromatic heterocycles. The number of nitrogens with two attached hydrogens (primary N) is 1. The molecule has 0 saturated carbocycles. The van der Waals surface area contributed by atoms with E-state index in [4.69, 9.17) is 15.3 Å². The largest absolute Gasteiger partial charge is 0.493 e. The summed E-state index contributed by atoms with van der Waals surface area (Å²) in [5.74, 6) is 7.22. The summed E-state index contributed by atoms with van der Waals surface area (Å²) >= 11 is 3.44. The van der Waals surface area contributed by atoms with Crippen LogP contribution in [-0.2, 0) is 6.61 Å². The van der Waals surface area contributed by atoms with Gasteiger partial charge >= 0.3 is 0 Å². The van der Waals surface area contributed by atoms with Gasteiger partial charge in [0.1, 0.15) is 12.4 Å². The molecule has 0 aliphatic carbocycles. The molecule has 0 spiro atoms. The molecule has 1 aromatic carbocycles. The number of ether oxygens (including phenoxy) is 2. The first kappa shape index (κ1) is 13.6. The van der Waals surface area contributed by atoms with Gasteiger partial charge in [-0.3, -0.25) is 0 Å². The van der Waals surface area contributed by atoms with Crippen molar-refractivity contribution in [1.82, 2.24) is 4.98 Å². The SMILES string of the molecule is COc1cccc(Br)c1OCc1ccc(NN)nc1. The summed E-state index contributed by atoms with van der Waals surface area (Å²) in [6.45, 7) is 0.400.